The van der Waals surface area contributed by atoms with Gasteiger partial charge in [-0.15, -0.1) is 5.10 Å². The zero-order valence-corrected chi connectivity index (χ0v) is 11.5. The fourth-order valence-electron chi connectivity index (χ4n) is 2.23. The van der Waals surface area contributed by atoms with Crippen molar-refractivity contribution in [2.75, 3.05) is 32.1 Å². The molecule has 1 amide bonds. The van der Waals surface area contributed by atoms with Gasteiger partial charge >= 0.3 is 0 Å². The van der Waals surface area contributed by atoms with E-state index in [0.717, 1.165) is 0 Å². The maximum atomic E-state index is 11.9. The molecule has 0 saturated carbocycles. The van der Waals surface area contributed by atoms with Gasteiger partial charge in [0.25, 0.3) is 5.91 Å². The second-order valence-electron chi connectivity index (χ2n) is 4.70. The Bertz CT molecular complexity index is 649. The fourth-order valence-corrected chi connectivity index (χ4v) is 2.23. The summed E-state index contributed by atoms with van der Waals surface area (Å²) in [5.41, 5.74) is 1.33. The third-order valence-corrected chi connectivity index (χ3v) is 3.48. The lowest BCUT2D eigenvalue weighted by molar-refractivity contribution is -0.174. The van der Waals surface area contributed by atoms with Crippen molar-refractivity contribution in [2.45, 2.75) is 0 Å². The Balaban J connectivity index is 1.77. The average Bonchev–Trinajstić information content (AvgIpc) is 2.79. The minimum Gasteiger partial charge on any atom is -0.353 e. The minimum absolute atomic E-state index is 0.0341. The van der Waals surface area contributed by atoms with Gasteiger partial charge in [0.05, 0.1) is 13.0 Å². The first-order valence-corrected chi connectivity index (χ1v) is 6.19. The number of nitrogens with zero attached hydrogens (tertiary/aromatic N) is 7. The number of hydrogen-bond donors (Lipinski definition) is 0. The number of fused-ring (bicyclic) bond motifs is 1. The van der Waals surface area contributed by atoms with Gasteiger partial charge in [0.15, 0.2) is 17.0 Å². The standard InChI is InChI=1S/C11H15N7O2/c1-16-9-8(14-15-16)10(13-6-12-9)18-4-7(5-18)11(19)17(2)20-3/h6-7H,4-5H2,1-3H3. The summed E-state index contributed by atoms with van der Waals surface area (Å²) >= 11 is 0. The van der Waals surface area contributed by atoms with Gasteiger partial charge in [0, 0.05) is 27.2 Å². The van der Waals surface area contributed by atoms with E-state index >= 15 is 0 Å². The molecule has 2 aromatic heterocycles. The summed E-state index contributed by atoms with van der Waals surface area (Å²) in [5, 5.41) is 9.25. The highest BCUT2D eigenvalue weighted by atomic mass is 16.7. The highest BCUT2D eigenvalue weighted by Crippen LogP contribution is 2.27. The maximum absolute atomic E-state index is 11.9. The number of rotatable bonds is 3. The van der Waals surface area contributed by atoms with Crippen LogP contribution >= 0.6 is 0 Å². The van der Waals surface area contributed by atoms with Crippen LogP contribution in [0.15, 0.2) is 6.33 Å². The summed E-state index contributed by atoms with van der Waals surface area (Å²) in [6, 6.07) is 0. The molecule has 1 saturated heterocycles. The van der Waals surface area contributed by atoms with E-state index in [1.54, 1.807) is 18.8 Å². The van der Waals surface area contributed by atoms with Gasteiger partial charge in [-0.3, -0.25) is 9.63 Å². The van der Waals surface area contributed by atoms with Crippen molar-refractivity contribution in [1.82, 2.24) is 30.0 Å². The van der Waals surface area contributed by atoms with Gasteiger partial charge in [0.2, 0.25) is 0 Å². The molecule has 0 N–H and O–H groups in total. The van der Waals surface area contributed by atoms with Gasteiger partial charge in [-0.25, -0.2) is 19.7 Å². The van der Waals surface area contributed by atoms with E-state index in [4.69, 9.17) is 4.84 Å². The van der Waals surface area contributed by atoms with E-state index in [9.17, 15) is 4.79 Å². The molecule has 0 atom stereocenters. The number of hydrogen-bond acceptors (Lipinski definition) is 7. The number of aryl methyl sites for hydroxylation is 1. The van der Waals surface area contributed by atoms with E-state index in [-0.39, 0.29) is 11.8 Å². The van der Waals surface area contributed by atoms with Crippen LogP contribution in [0.25, 0.3) is 11.2 Å². The molecule has 3 rings (SSSR count). The first-order chi connectivity index (χ1) is 9.61. The van der Waals surface area contributed by atoms with Crippen molar-refractivity contribution in [3.05, 3.63) is 6.33 Å². The molecule has 0 unspecified atom stereocenters. The smallest absolute Gasteiger partial charge is 0.252 e. The molecule has 0 aliphatic carbocycles. The van der Waals surface area contributed by atoms with E-state index in [1.807, 2.05) is 4.90 Å². The quantitative estimate of drug-likeness (QED) is 0.679. The van der Waals surface area contributed by atoms with Crippen LogP contribution in [0.2, 0.25) is 0 Å². The molecule has 1 aliphatic rings. The van der Waals surface area contributed by atoms with Crippen LogP contribution in [-0.2, 0) is 16.7 Å². The second-order valence-corrected chi connectivity index (χ2v) is 4.70. The molecule has 1 aliphatic heterocycles. The first kappa shape index (κ1) is 12.7. The number of aromatic nitrogens is 5. The summed E-state index contributed by atoms with van der Waals surface area (Å²) in [6.07, 6.45) is 1.48. The van der Waals surface area contributed by atoms with Crippen molar-refractivity contribution in [3.63, 3.8) is 0 Å². The molecule has 106 valence electrons. The Morgan fingerprint density at radius 1 is 1.45 bits per heavy atom. The second kappa shape index (κ2) is 4.67. The molecule has 9 heteroatoms. The molecule has 9 nitrogen and oxygen atoms in total. The zero-order chi connectivity index (χ0) is 14.3. The summed E-state index contributed by atoms with van der Waals surface area (Å²) in [7, 11) is 4.86. The van der Waals surface area contributed by atoms with Gasteiger partial charge in [-0.1, -0.05) is 5.21 Å². The van der Waals surface area contributed by atoms with E-state index in [0.29, 0.717) is 30.1 Å². The first-order valence-electron chi connectivity index (χ1n) is 6.19. The van der Waals surface area contributed by atoms with Crippen molar-refractivity contribution in [1.29, 1.82) is 0 Å². The molecule has 1 fully saturated rings. The normalized spacial score (nSPS) is 15.4. The van der Waals surface area contributed by atoms with Crippen LogP contribution in [0.4, 0.5) is 5.82 Å². The van der Waals surface area contributed by atoms with E-state index < -0.39 is 0 Å². The summed E-state index contributed by atoms with van der Waals surface area (Å²) in [6.45, 7) is 1.18. The number of anilines is 1. The predicted molar refractivity (Wildman–Crippen MR) is 69.6 cm³/mol. The third-order valence-electron chi connectivity index (χ3n) is 3.48. The summed E-state index contributed by atoms with van der Waals surface area (Å²) in [4.78, 5) is 27.2. The van der Waals surface area contributed by atoms with Crippen LogP contribution < -0.4 is 4.90 Å². The molecular weight excluding hydrogens is 262 g/mol. The predicted octanol–water partition coefficient (Wildman–Crippen LogP) is -0.786. The summed E-state index contributed by atoms with van der Waals surface area (Å²) in [5.74, 6) is 0.599. The van der Waals surface area contributed by atoms with Gasteiger partial charge in [-0.2, -0.15) is 0 Å². The average molecular weight is 277 g/mol. The van der Waals surface area contributed by atoms with Crippen LogP contribution in [0.1, 0.15) is 0 Å². The number of carbonyl (C=O) groups is 1. The van der Waals surface area contributed by atoms with Crippen LogP contribution in [0.3, 0.4) is 0 Å². The Kier molecular flexibility index (Phi) is 2.97. The summed E-state index contributed by atoms with van der Waals surface area (Å²) < 4.78 is 1.60. The Hall–Kier alpha value is -2.29. The lowest BCUT2D eigenvalue weighted by Crippen LogP contribution is -2.54. The largest absolute Gasteiger partial charge is 0.353 e. The molecule has 0 aromatic carbocycles. The van der Waals surface area contributed by atoms with Crippen molar-refractivity contribution in [2.24, 2.45) is 13.0 Å². The number of hydroxylamine groups is 2. The number of amides is 1. The number of carbonyl (C=O) groups excluding carboxylic acids is 1. The van der Waals surface area contributed by atoms with Crippen LogP contribution in [-0.4, -0.2) is 63.2 Å². The molecule has 0 spiro atoms. The van der Waals surface area contributed by atoms with Gasteiger partial charge < -0.3 is 4.90 Å². The highest BCUT2D eigenvalue weighted by Gasteiger charge is 2.36. The van der Waals surface area contributed by atoms with E-state index in [1.165, 1.54) is 18.5 Å². The zero-order valence-electron chi connectivity index (χ0n) is 11.5. The lowest BCUT2D eigenvalue weighted by Gasteiger charge is -2.39. The molecule has 3 heterocycles. The van der Waals surface area contributed by atoms with Gasteiger partial charge in [0.1, 0.15) is 6.33 Å². The SMILES string of the molecule is CON(C)C(=O)C1CN(c2ncnc3c2nnn3C)C1. The molecule has 0 bridgehead atoms. The van der Waals surface area contributed by atoms with Crippen LogP contribution in [0, 0.1) is 5.92 Å². The minimum atomic E-state index is -0.0818. The third kappa shape index (κ3) is 1.86. The fraction of sp³-hybridized carbons (Fsp3) is 0.545. The highest BCUT2D eigenvalue weighted by molar-refractivity contribution is 5.86. The van der Waals surface area contributed by atoms with Crippen molar-refractivity contribution < 1.29 is 9.63 Å². The monoisotopic (exact) mass is 277 g/mol. The van der Waals surface area contributed by atoms with Crippen molar-refractivity contribution >= 4 is 22.9 Å². The molecular formula is C11H15N7O2. The Labute approximate surface area is 115 Å². The van der Waals surface area contributed by atoms with Gasteiger partial charge in [-0.05, 0) is 0 Å². The molecule has 2 aromatic rings. The van der Waals surface area contributed by atoms with E-state index in [2.05, 4.69) is 20.3 Å². The Morgan fingerprint density at radius 3 is 2.90 bits per heavy atom. The lowest BCUT2D eigenvalue weighted by atomic mass is 9.99. The van der Waals surface area contributed by atoms with Crippen molar-refractivity contribution in [3.8, 4) is 0 Å². The maximum Gasteiger partial charge on any atom is 0.252 e. The van der Waals surface area contributed by atoms with Crippen LogP contribution in [0.5, 0.6) is 0 Å². The molecule has 20 heavy (non-hydrogen) atoms. The Morgan fingerprint density at radius 2 is 2.20 bits per heavy atom. The topological polar surface area (TPSA) is 89.3 Å². The molecule has 0 radical (unpaired) electrons.